The summed E-state index contributed by atoms with van der Waals surface area (Å²) < 4.78 is 0. The largest absolute Gasteiger partial charge is 0.396 e. The zero-order valence-corrected chi connectivity index (χ0v) is 11.1. The average Bonchev–Trinajstić information content (AvgIpc) is 2.78. The molecule has 3 N–H and O–H groups in total. The van der Waals surface area contributed by atoms with Gasteiger partial charge in [0, 0.05) is 17.0 Å². The molecule has 0 radical (unpaired) electrons. The van der Waals surface area contributed by atoms with Crippen molar-refractivity contribution in [3.05, 3.63) is 28.9 Å². The predicted molar refractivity (Wildman–Crippen MR) is 71.8 cm³/mol. The Labute approximate surface area is 115 Å². The van der Waals surface area contributed by atoms with E-state index in [9.17, 15) is 10.2 Å². The van der Waals surface area contributed by atoms with Crippen molar-refractivity contribution in [1.82, 2.24) is 10.2 Å². The smallest absolute Gasteiger partial charge is 0.0909 e. The first-order valence-corrected chi connectivity index (χ1v) is 6.96. The van der Waals surface area contributed by atoms with Crippen LogP contribution in [0.15, 0.2) is 18.3 Å². The monoisotopic (exact) mass is 278 g/mol. The lowest BCUT2D eigenvalue weighted by Gasteiger charge is -2.27. The van der Waals surface area contributed by atoms with Crippen LogP contribution in [0, 0.1) is 17.8 Å². The van der Waals surface area contributed by atoms with Crippen LogP contribution in [0.5, 0.6) is 0 Å². The molecule has 1 aromatic heterocycles. The van der Waals surface area contributed by atoms with Crippen molar-refractivity contribution in [1.29, 1.82) is 0 Å². The van der Waals surface area contributed by atoms with E-state index in [0.29, 0.717) is 35.6 Å². The minimum atomic E-state index is -0.825. The number of hydrogen-bond donors (Lipinski definition) is 3. The molecule has 19 heavy (non-hydrogen) atoms. The van der Waals surface area contributed by atoms with Crippen LogP contribution in [0.25, 0.3) is 10.9 Å². The maximum atomic E-state index is 10.9. The van der Waals surface area contributed by atoms with Gasteiger partial charge < -0.3 is 10.2 Å². The fourth-order valence-corrected chi connectivity index (χ4v) is 4.10. The topological polar surface area (TPSA) is 69.1 Å². The summed E-state index contributed by atoms with van der Waals surface area (Å²) >= 11 is 6.13. The molecule has 0 amide bonds. The Morgan fingerprint density at radius 2 is 2.11 bits per heavy atom. The van der Waals surface area contributed by atoms with Gasteiger partial charge in [-0.2, -0.15) is 5.10 Å². The third kappa shape index (κ3) is 1.57. The van der Waals surface area contributed by atoms with Gasteiger partial charge in [-0.3, -0.25) is 5.10 Å². The number of aliphatic hydroxyl groups is 2. The van der Waals surface area contributed by atoms with Crippen molar-refractivity contribution in [2.45, 2.75) is 18.4 Å². The van der Waals surface area contributed by atoms with Gasteiger partial charge in [-0.1, -0.05) is 11.6 Å². The van der Waals surface area contributed by atoms with Crippen molar-refractivity contribution in [3.8, 4) is 0 Å². The van der Waals surface area contributed by atoms with Gasteiger partial charge in [-0.15, -0.1) is 0 Å². The van der Waals surface area contributed by atoms with Crippen LogP contribution in [0.4, 0.5) is 0 Å². The van der Waals surface area contributed by atoms with Crippen LogP contribution >= 0.6 is 11.6 Å². The van der Waals surface area contributed by atoms with E-state index in [1.54, 1.807) is 6.20 Å². The molecule has 5 heteroatoms. The molecule has 2 atom stereocenters. The summed E-state index contributed by atoms with van der Waals surface area (Å²) in [6.07, 6.45) is 3.17. The van der Waals surface area contributed by atoms with E-state index < -0.39 is 5.60 Å². The third-order valence-corrected chi connectivity index (χ3v) is 5.11. The van der Waals surface area contributed by atoms with Gasteiger partial charge in [0.15, 0.2) is 0 Å². The molecule has 4 nitrogen and oxygen atoms in total. The molecule has 2 fully saturated rings. The lowest BCUT2D eigenvalue weighted by molar-refractivity contribution is 0.0242. The average molecular weight is 279 g/mol. The Kier molecular flexibility index (Phi) is 2.29. The molecule has 0 saturated heterocycles. The first-order valence-electron chi connectivity index (χ1n) is 6.59. The third-order valence-electron chi connectivity index (χ3n) is 4.89. The lowest BCUT2D eigenvalue weighted by atomic mass is 9.85. The lowest BCUT2D eigenvalue weighted by Crippen LogP contribution is -2.25. The number of rotatable bonds is 2. The summed E-state index contributed by atoms with van der Waals surface area (Å²) in [5.74, 6) is 1.30. The standard InChI is InChI=1S/C14H15ClN2O2/c15-7-1-12(10-5-16-17-13(10)2-7)14(19)3-8-9(4-14)11(8)6-18/h1-2,5,8-9,11,18-19H,3-4,6H2,(H,16,17). The SMILES string of the molecule is OCC1C2CC(O)(c3cc(Cl)cc4[nH]ncc34)CC12. The number of nitrogens with one attached hydrogen (secondary N) is 1. The molecular formula is C14H15ClN2O2. The van der Waals surface area contributed by atoms with Crippen LogP contribution in [-0.2, 0) is 5.60 Å². The van der Waals surface area contributed by atoms with E-state index in [-0.39, 0.29) is 6.61 Å². The second kappa shape index (κ2) is 3.72. The van der Waals surface area contributed by atoms with Crippen LogP contribution < -0.4 is 0 Å². The molecular weight excluding hydrogens is 264 g/mol. The maximum absolute atomic E-state index is 10.9. The summed E-state index contributed by atoms with van der Waals surface area (Å²) in [4.78, 5) is 0. The van der Waals surface area contributed by atoms with Gasteiger partial charge in [0.05, 0.1) is 17.3 Å². The van der Waals surface area contributed by atoms with E-state index >= 15 is 0 Å². The zero-order valence-electron chi connectivity index (χ0n) is 10.3. The maximum Gasteiger partial charge on any atom is 0.0909 e. The Morgan fingerprint density at radius 3 is 2.79 bits per heavy atom. The van der Waals surface area contributed by atoms with E-state index in [2.05, 4.69) is 10.2 Å². The highest BCUT2D eigenvalue weighted by Gasteiger charge is 2.61. The minimum absolute atomic E-state index is 0.238. The number of H-pyrrole nitrogens is 1. The molecule has 100 valence electrons. The van der Waals surface area contributed by atoms with Gasteiger partial charge in [0.2, 0.25) is 0 Å². The normalized spacial score (nSPS) is 36.7. The number of aromatic amines is 1. The number of hydrogen-bond acceptors (Lipinski definition) is 3. The molecule has 0 bridgehead atoms. The van der Waals surface area contributed by atoms with Crippen LogP contribution in [0.3, 0.4) is 0 Å². The fraction of sp³-hybridized carbons (Fsp3) is 0.500. The van der Waals surface area contributed by atoms with E-state index in [1.807, 2.05) is 12.1 Å². The van der Waals surface area contributed by atoms with Crippen molar-refractivity contribution in [2.24, 2.45) is 17.8 Å². The first kappa shape index (κ1) is 11.7. The molecule has 4 rings (SSSR count). The highest BCUT2D eigenvalue weighted by atomic mass is 35.5. The number of nitrogens with zero attached hydrogens (tertiary/aromatic N) is 1. The summed E-state index contributed by atoms with van der Waals surface area (Å²) in [5, 5.41) is 28.6. The molecule has 2 saturated carbocycles. The first-order chi connectivity index (χ1) is 9.12. The Bertz CT molecular complexity index is 642. The molecule has 2 unspecified atom stereocenters. The van der Waals surface area contributed by atoms with E-state index in [0.717, 1.165) is 16.5 Å². The zero-order chi connectivity index (χ0) is 13.2. The van der Waals surface area contributed by atoms with Crippen molar-refractivity contribution < 1.29 is 10.2 Å². The summed E-state index contributed by atoms with van der Waals surface area (Å²) in [6, 6.07) is 3.67. The molecule has 2 aliphatic carbocycles. The Balaban J connectivity index is 1.77. The number of aliphatic hydroxyl groups excluding tert-OH is 1. The predicted octanol–water partition coefficient (Wildman–Crippen LogP) is 2.05. The number of benzene rings is 1. The van der Waals surface area contributed by atoms with Crippen molar-refractivity contribution in [3.63, 3.8) is 0 Å². The molecule has 1 heterocycles. The fourth-order valence-electron chi connectivity index (χ4n) is 3.88. The van der Waals surface area contributed by atoms with Gasteiger partial charge in [0.1, 0.15) is 0 Å². The second-order valence-electron chi connectivity index (χ2n) is 5.90. The Hall–Kier alpha value is -1.10. The molecule has 2 aliphatic rings. The Morgan fingerprint density at radius 1 is 1.37 bits per heavy atom. The van der Waals surface area contributed by atoms with E-state index in [1.165, 1.54) is 0 Å². The second-order valence-corrected chi connectivity index (χ2v) is 6.33. The van der Waals surface area contributed by atoms with Gasteiger partial charge in [-0.25, -0.2) is 0 Å². The van der Waals surface area contributed by atoms with Crippen molar-refractivity contribution in [2.75, 3.05) is 6.61 Å². The van der Waals surface area contributed by atoms with Crippen LogP contribution in [0.1, 0.15) is 18.4 Å². The van der Waals surface area contributed by atoms with Gasteiger partial charge >= 0.3 is 0 Å². The quantitative estimate of drug-likeness (QED) is 0.787. The highest BCUT2D eigenvalue weighted by Crippen LogP contribution is 2.63. The molecule has 0 aliphatic heterocycles. The van der Waals surface area contributed by atoms with Gasteiger partial charge in [-0.05, 0) is 48.3 Å². The van der Waals surface area contributed by atoms with Crippen LogP contribution in [0.2, 0.25) is 5.02 Å². The minimum Gasteiger partial charge on any atom is -0.396 e. The summed E-state index contributed by atoms with van der Waals surface area (Å²) in [5.41, 5.74) is 0.899. The summed E-state index contributed by atoms with van der Waals surface area (Å²) in [6.45, 7) is 0.238. The molecule has 0 spiro atoms. The highest BCUT2D eigenvalue weighted by molar-refractivity contribution is 6.31. The molecule has 1 aromatic carbocycles. The van der Waals surface area contributed by atoms with E-state index in [4.69, 9.17) is 11.6 Å². The number of aromatic nitrogens is 2. The molecule has 2 aromatic rings. The van der Waals surface area contributed by atoms with Crippen LogP contribution in [-0.4, -0.2) is 27.0 Å². The van der Waals surface area contributed by atoms with Gasteiger partial charge in [0.25, 0.3) is 0 Å². The summed E-state index contributed by atoms with van der Waals surface area (Å²) in [7, 11) is 0. The van der Waals surface area contributed by atoms with Crippen molar-refractivity contribution >= 4 is 22.5 Å². The number of fused-ring (bicyclic) bond motifs is 2. The number of halogens is 1.